The number of pyridine rings is 2. The van der Waals surface area contributed by atoms with Crippen LogP contribution in [-0.4, -0.2) is 28.5 Å². The molecule has 5 heteroatoms. The van der Waals surface area contributed by atoms with E-state index < -0.39 is 0 Å². The molecule has 1 N–H and O–H groups in total. The van der Waals surface area contributed by atoms with Crippen LogP contribution in [0.15, 0.2) is 24.4 Å². The maximum atomic E-state index is 11.4. The summed E-state index contributed by atoms with van der Waals surface area (Å²) in [6, 6.07) is 5.97. The molecule has 4 rings (SSSR count). The van der Waals surface area contributed by atoms with Crippen LogP contribution in [0.25, 0.3) is 10.9 Å². The molecule has 5 nitrogen and oxygen atoms in total. The SMILES string of the molecule is CC(Oc1nc(C2CC2)cc2ncccc12)C1CNC(=O)C1. The van der Waals surface area contributed by atoms with Gasteiger partial charge in [0.15, 0.2) is 0 Å². The van der Waals surface area contributed by atoms with E-state index in [1.165, 1.54) is 12.8 Å². The Hall–Kier alpha value is -2.17. The minimum atomic E-state index is -0.0516. The zero-order valence-corrected chi connectivity index (χ0v) is 12.6. The quantitative estimate of drug-likeness (QED) is 0.941. The van der Waals surface area contributed by atoms with Crippen LogP contribution in [0.5, 0.6) is 5.88 Å². The van der Waals surface area contributed by atoms with Crippen molar-refractivity contribution < 1.29 is 9.53 Å². The Kier molecular flexibility index (Phi) is 3.21. The molecular formula is C17H19N3O2. The number of carbonyl (C=O) groups is 1. The van der Waals surface area contributed by atoms with E-state index in [1.54, 1.807) is 6.20 Å². The van der Waals surface area contributed by atoms with Gasteiger partial charge in [0, 0.05) is 36.7 Å². The van der Waals surface area contributed by atoms with Gasteiger partial charge < -0.3 is 10.1 Å². The highest BCUT2D eigenvalue weighted by atomic mass is 16.5. The fourth-order valence-electron chi connectivity index (χ4n) is 2.97. The number of nitrogens with one attached hydrogen (secondary N) is 1. The van der Waals surface area contributed by atoms with Gasteiger partial charge in [-0.25, -0.2) is 4.98 Å². The van der Waals surface area contributed by atoms with Gasteiger partial charge in [0.05, 0.1) is 10.9 Å². The third-order valence-corrected chi connectivity index (χ3v) is 4.55. The second-order valence-corrected chi connectivity index (χ2v) is 6.29. The number of carbonyl (C=O) groups excluding carboxylic acids is 1. The first-order valence-electron chi connectivity index (χ1n) is 7.90. The Balaban J connectivity index is 1.66. The molecule has 3 heterocycles. The highest BCUT2D eigenvalue weighted by molar-refractivity contribution is 5.83. The van der Waals surface area contributed by atoms with Crippen LogP contribution in [0, 0.1) is 5.92 Å². The van der Waals surface area contributed by atoms with Gasteiger partial charge in [-0.15, -0.1) is 0 Å². The van der Waals surface area contributed by atoms with Crippen molar-refractivity contribution in [3.05, 3.63) is 30.1 Å². The Morgan fingerprint density at radius 2 is 2.27 bits per heavy atom. The van der Waals surface area contributed by atoms with Crippen LogP contribution in [0.3, 0.4) is 0 Å². The highest BCUT2D eigenvalue weighted by Crippen LogP contribution is 2.41. The lowest BCUT2D eigenvalue weighted by Gasteiger charge is -2.20. The molecule has 0 aromatic carbocycles. The van der Waals surface area contributed by atoms with Gasteiger partial charge in [-0.05, 0) is 38.0 Å². The van der Waals surface area contributed by atoms with Crippen LogP contribution < -0.4 is 10.1 Å². The van der Waals surface area contributed by atoms with Gasteiger partial charge in [0.25, 0.3) is 0 Å². The van der Waals surface area contributed by atoms with Crippen LogP contribution in [0.2, 0.25) is 0 Å². The standard InChI is InChI=1S/C17H19N3O2/c1-10(12-7-16(21)19-9-12)22-17-13-3-2-6-18-15(13)8-14(20-17)11-4-5-11/h2-3,6,8,10-12H,4-5,7,9H2,1H3,(H,19,21). The minimum Gasteiger partial charge on any atom is -0.474 e. The average Bonchev–Trinajstić information content (AvgIpc) is 3.28. The number of nitrogens with zero attached hydrogens (tertiary/aromatic N) is 2. The molecule has 0 spiro atoms. The fourth-order valence-corrected chi connectivity index (χ4v) is 2.97. The zero-order chi connectivity index (χ0) is 15.1. The topological polar surface area (TPSA) is 64.1 Å². The van der Waals surface area contributed by atoms with E-state index in [1.807, 2.05) is 19.1 Å². The van der Waals surface area contributed by atoms with E-state index in [-0.39, 0.29) is 17.9 Å². The number of ether oxygens (including phenoxy) is 1. The Morgan fingerprint density at radius 1 is 1.41 bits per heavy atom. The van der Waals surface area contributed by atoms with Gasteiger partial charge in [-0.1, -0.05) is 0 Å². The van der Waals surface area contributed by atoms with Crippen molar-refractivity contribution >= 4 is 16.8 Å². The molecule has 1 saturated heterocycles. The molecule has 114 valence electrons. The predicted octanol–water partition coefficient (Wildman–Crippen LogP) is 2.41. The lowest BCUT2D eigenvalue weighted by Crippen LogP contribution is -2.26. The van der Waals surface area contributed by atoms with Crippen molar-refractivity contribution in [1.29, 1.82) is 0 Å². The molecule has 1 saturated carbocycles. The van der Waals surface area contributed by atoms with E-state index in [4.69, 9.17) is 9.72 Å². The molecule has 2 atom stereocenters. The summed E-state index contributed by atoms with van der Waals surface area (Å²) in [7, 11) is 0. The van der Waals surface area contributed by atoms with E-state index in [0.29, 0.717) is 24.8 Å². The fraction of sp³-hybridized carbons (Fsp3) is 0.471. The maximum Gasteiger partial charge on any atom is 0.223 e. The zero-order valence-electron chi connectivity index (χ0n) is 12.6. The van der Waals surface area contributed by atoms with Crippen molar-refractivity contribution in [2.24, 2.45) is 5.92 Å². The lowest BCUT2D eigenvalue weighted by molar-refractivity contribution is -0.119. The Labute approximate surface area is 129 Å². The molecule has 0 radical (unpaired) electrons. The van der Waals surface area contributed by atoms with Crippen LogP contribution in [0.1, 0.15) is 37.8 Å². The molecule has 1 aliphatic carbocycles. The molecule has 2 unspecified atom stereocenters. The first-order chi connectivity index (χ1) is 10.7. The molecule has 1 amide bonds. The summed E-state index contributed by atoms with van der Waals surface area (Å²) in [4.78, 5) is 20.6. The van der Waals surface area contributed by atoms with Gasteiger partial charge in [0.1, 0.15) is 6.10 Å². The summed E-state index contributed by atoms with van der Waals surface area (Å²) in [5, 5.41) is 3.80. The number of fused-ring (bicyclic) bond motifs is 1. The van der Waals surface area contributed by atoms with Crippen molar-refractivity contribution in [1.82, 2.24) is 15.3 Å². The summed E-state index contributed by atoms with van der Waals surface area (Å²) >= 11 is 0. The maximum absolute atomic E-state index is 11.4. The number of hydrogen-bond acceptors (Lipinski definition) is 4. The summed E-state index contributed by atoms with van der Waals surface area (Å²) in [6.07, 6.45) is 4.66. The summed E-state index contributed by atoms with van der Waals surface area (Å²) in [5.41, 5.74) is 2.01. The molecule has 2 fully saturated rings. The third-order valence-electron chi connectivity index (χ3n) is 4.55. The largest absolute Gasteiger partial charge is 0.474 e. The van der Waals surface area contributed by atoms with Crippen molar-refractivity contribution in [2.45, 2.75) is 38.2 Å². The number of hydrogen-bond donors (Lipinski definition) is 1. The molecule has 22 heavy (non-hydrogen) atoms. The lowest BCUT2D eigenvalue weighted by atomic mass is 10.0. The van der Waals surface area contributed by atoms with E-state index in [9.17, 15) is 4.79 Å². The van der Waals surface area contributed by atoms with Gasteiger partial charge in [-0.2, -0.15) is 0 Å². The number of aromatic nitrogens is 2. The van der Waals surface area contributed by atoms with Crippen molar-refractivity contribution in [2.75, 3.05) is 6.54 Å². The minimum absolute atomic E-state index is 0.0516. The Bertz CT molecular complexity index is 727. The van der Waals surface area contributed by atoms with E-state index in [0.717, 1.165) is 16.6 Å². The molecule has 0 bridgehead atoms. The van der Waals surface area contributed by atoms with Crippen LogP contribution in [0.4, 0.5) is 0 Å². The van der Waals surface area contributed by atoms with Crippen molar-refractivity contribution in [3.8, 4) is 5.88 Å². The first-order valence-corrected chi connectivity index (χ1v) is 7.90. The van der Waals surface area contributed by atoms with Crippen LogP contribution >= 0.6 is 0 Å². The normalized spacial score (nSPS) is 22.6. The molecular weight excluding hydrogens is 278 g/mol. The summed E-state index contributed by atoms with van der Waals surface area (Å²) in [5.74, 6) is 1.51. The van der Waals surface area contributed by atoms with E-state index in [2.05, 4.69) is 16.4 Å². The van der Waals surface area contributed by atoms with Crippen molar-refractivity contribution in [3.63, 3.8) is 0 Å². The third kappa shape index (κ3) is 2.51. The number of rotatable bonds is 4. The van der Waals surface area contributed by atoms with Crippen LogP contribution in [-0.2, 0) is 4.79 Å². The van der Waals surface area contributed by atoms with E-state index >= 15 is 0 Å². The summed E-state index contributed by atoms with van der Waals surface area (Å²) < 4.78 is 6.14. The van der Waals surface area contributed by atoms with Gasteiger partial charge in [-0.3, -0.25) is 9.78 Å². The second-order valence-electron chi connectivity index (χ2n) is 6.29. The van der Waals surface area contributed by atoms with Gasteiger partial charge >= 0.3 is 0 Å². The number of amides is 1. The average molecular weight is 297 g/mol. The predicted molar refractivity (Wildman–Crippen MR) is 82.7 cm³/mol. The smallest absolute Gasteiger partial charge is 0.223 e. The molecule has 2 aromatic rings. The monoisotopic (exact) mass is 297 g/mol. The summed E-state index contributed by atoms with van der Waals surface area (Å²) in [6.45, 7) is 2.69. The molecule has 2 aliphatic rings. The first kappa shape index (κ1) is 13.5. The molecule has 2 aromatic heterocycles. The van der Waals surface area contributed by atoms with Gasteiger partial charge in [0.2, 0.25) is 11.8 Å². The highest BCUT2D eigenvalue weighted by Gasteiger charge is 2.30. The Morgan fingerprint density at radius 3 is 3.00 bits per heavy atom. The molecule has 1 aliphatic heterocycles. The second kappa shape index (κ2) is 5.23.